The Morgan fingerprint density at radius 3 is 2.72 bits per heavy atom. The molecule has 0 radical (unpaired) electrons. The van der Waals surface area contributed by atoms with Gasteiger partial charge in [0.2, 0.25) is 0 Å². The number of guanidine groups is 1. The number of nitrogens with one attached hydrogen (secondary N) is 1. The average Bonchev–Trinajstić information content (AvgIpc) is 3.12. The van der Waals surface area contributed by atoms with Crippen molar-refractivity contribution in [1.29, 1.82) is 0 Å². The van der Waals surface area contributed by atoms with Crippen molar-refractivity contribution in [2.45, 2.75) is 40.2 Å². The van der Waals surface area contributed by atoms with Crippen molar-refractivity contribution in [2.24, 2.45) is 12.0 Å². The van der Waals surface area contributed by atoms with E-state index in [1.165, 1.54) is 21.3 Å². The van der Waals surface area contributed by atoms with Crippen molar-refractivity contribution in [2.75, 3.05) is 20.1 Å². The van der Waals surface area contributed by atoms with Crippen molar-refractivity contribution >= 4 is 41.3 Å². The van der Waals surface area contributed by atoms with Gasteiger partial charge in [-0.3, -0.25) is 4.99 Å². The molecule has 0 unspecified atom stereocenters. The van der Waals surface area contributed by atoms with Gasteiger partial charge in [-0.25, -0.2) is 4.98 Å². The second kappa shape index (κ2) is 10.8. The summed E-state index contributed by atoms with van der Waals surface area (Å²) in [6, 6.07) is 4.22. The van der Waals surface area contributed by atoms with Gasteiger partial charge in [0.15, 0.2) is 5.96 Å². The molecule has 0 aliphatic rings. The van der Waals surface area contributed by atoms with Gasteiger partial charge in [0.1, 0.15) is 0 Å². The van der Waals surface area contributed by atoms with E-state index in [0.717, 1.165) is 38.4 Å². The fourth-order valence-corrected chi connectivity index (χ4v) is 3.64. The smallest absolute Gasteiger partial charge is 0.194 e. The first-order valence-electron chi connectivity index (χ1n) is 8.60. The topological polar surface area (TPSA) is 45.5 Å². The molecule has 0 bridgehead atoms. The van der Waals surface area contributed by atoms with Gasteiger partial charge >= 0.3 is 0 Å². The van der Waals surface area contributed by atoms with E-state index < -0.39 is 0 Å². The largest absolute Gasteiger partial charge is 0.357 e. The molecule has 2 heterocycles. The predicted octanol–water partition coefficient (Wildman–Crippen LogP) is 3.61. The minimum atomic E-state index is 0. The highest BCUT2D eigenvalue weighted by molar-refractivity contribution is 14.0. The maximum absolute atomic E-state index is 4.77. The molecule has 2 rings (SSSR count). The minimum absolute atomic E-state index is 0. The number of hydrogen-bond donors (Lipinski definition) is 1. The van der Waals surface area contributed by atoms with Crippen LogP contribution in [0, 0.1) is 6.92 Å². The molecule has 25 heavy (non-hydrogen) atoms. The second-order valence-electron chi connectivity index (χ2n) is 5.92. The number of rotatable bonds is 7. The zero-order valence-electron chi connectivity index (χ0n) is 15.9. The Hall–Kier alpha value is -1.09. The third kappa shape index (κ3) is 6.29. The van der Waals surface area contributed by atoms with Crippen molar-refractivity contribution < 1.29 is 0 Å². The molecule has 0 saturated carbocycles. The summed E-state index contributed by atoms with van der Waals surface area (Å²) in [5.41, 5.74) is 2.50. The number of aromatic nitrogens is 2. The molecule has 1 N–H and O–H groups in total. The quantitative estimate of drug-likeness (QED) is 0.378. The van der Waals surface area contributed by atoms with Crippen molar-refractivity contribution in [1.82, 2.24) is 19.8 Å². The average molecular weight is 475 g/mol. The minimum Gasteiger partial charge on any atom is -0.357 e. The summed E-state index contributed by atoms with van der Waals surface area (Å²) in [6.45, 7) is 8.88. The van der Waals surface area contributed by atoms with E-state index in [2.05, 4.69) is 68.0 Å². The first-order chi connectivity index (χ1) is 11.5. The highest BCUT2D eigenvalue weighted by Gasteiger charge is 2.09. The van der Waals surface area contributed by atoms with E-state index in [9.17, 15) is 0 Å². The summed E-state index contributed by atoms with van der Waals surface area (Å²) in [6.07, 6.45) is 3.98. The standard InChI is InChI=1S/C18H29N5S.HI/c1-6-16-14(3)24-17(21-16)10-11-20-18(19-7-2)23(5)13-15-9-8-12-22(15)4;/h8-9,12H,6-7,10-11,13H2,1-5H3,(H,19,20);1H. The summed E-state index contributed by atoms with van der Waals surface area (Å²) in [5.74, 6) is 0.947. The van der Waals surface area contributed by atoms with Gasteiger partial charge in [-0.15, -0.1) is 35.3 Å². The van der Waals surface area contributed by atoms with Crippen LogP contribution in [0.2, 0.25) is 0 Å². The van der Waals surface area contributed by atoms with Crippen LogP contribution in [0.1, 0.15) is 35.1 Å². The van der Waals surface area contributed by atoms with Gasteiger partial charge in [-0.05, 0) is 32.4 Å². The zero-order chi connectivity index (χ0) is 17.5. The molecule has 0 spiro atoms. The van der Waals surface area contributed by atoms with Crippen LogP contribution < -0.4 is 5.32 Å². The molecular weight excluding hydrogens is 445 g/mol. The molecule has 0 aliphatic heterocycles. The van der Waals surface area contributed by atoms with E-state index in [-0.39, 0.29) is 24.0 Å². The van der Waals surface area contributed by atoms with Crippen molar-refractivity contribution in [3.63, 3.8) is 0 Å². The lowest BCUT2D eigenvalue weighted by Gasteiger charge is -2.22. The predicted molar refractivity (Wildman–Crippen MR) is 118 cm³/mol. The monoisotopic (exact) mass is 475 g/mol. The third-order valence-corrected chi connectivity index (χ3v) is 5.08. The SMILES string of the molecule is CCNC(=NCCc1nc(CC)c(C)s1)N(C)Cc1cccn1C.I. The number of halogens is 1. The summed E-state index contributed by atoms with van der Waals surface area (Å²) in [4.78, 5) is 13.0. The Morgan fingerprint density at radius 1 is 1.40 bits per heavy atom. The molecule has 7 heteroatoms. The Morgan fingerprint density at radius 2 is 2.16 bits per heavy atom. The fourth-order valence-electron chi connectivity index (χ4n) is 2.63. The van der Waals surface area contributed by atoms with Crippen molar-refractivity contribution in [3.8, 4) is 0 Å². The number of hydrogen-bond acceptors (Lipinski definition) is 3. The molecule has 0 fully saturated rings. The van der Waals surface area contributed by atoms with Gasteiger partial charge in [0.25, 0.3) is 0 Å². The van der Waals surface area contributed by atoms with Crippen LogP contribution in [0.5, 0.6) is 0 Å². The summed E-state index contributed by atoms with van der Waals surface area (Å²) >= 11 is 1.80. The maximum atomic E-state index is 4.77. The lowest BCUT2D eigenvalue weighted by Crippen LogP contribution is -2.39. The second-order valence-corrected chi connectivity index (χ2v) is 7.20. The van der Waals surface area contributed by atoms with E-state index in [4.69, 9.17) is 9.98 Å². The number of aliphatic imine (C=N–C) groups is 1. The van der Waals surface area contributed by atoms with Crippen LogP contribution in [0.3, 0.4) is 0 Å². The molecule has 0 atom stereocenters. The maximum Gasteiger partial charge on any atom is 0.194 e. The highest BCUT2D eigenvalue weighted by Crippen LogP contribution is 2.18. The van der Waals surface area contributed by atoms with Crippen molar-refractivity contribution in [3.05, 3.63) is 39.6 Å². The lowest BCUT2D eigenvalue weighted by molar-refractivity contribution is 0.462. The van der Waals surface area contributed by atoms with Crippen LogP contribution in [0.15, 0.2) is 23.3 Å². The van der Waals surface area contributed by atoms with Gasteiger partial charge in [0.05, 0.1) is 17.2 Å². The molecule has 2 aromatic heterocycles. The summed E-state index contributed by atoms with van der Waals surface area (Å²) < 4.78 is 2.14. The zero-order valence-corrected chi connectivity index (χ0v) is 19.0. The van der Waals surface area contributed by atoms with Crippen LogP contribution in [-0.4, -0.2) is 40.5 Å². The highest BCUT2D eigenvalue weighted by atomic mass is 127. The first-order valence-corrected chi connectivity index (χ1v) is 9.41. The molecule has 0 amide bonds. The van der Waals surface area contributed by atoms with E-state index in [0.29, 0.717) is 0 Å². The Balaban J connectivity index is 0.00000312. The van der Waals surface area contributed by atoms with Crippen LogP contribution in [-0.2, 0) is 26.4 Å². The van der Waals surface area contributed by atoms with E-state index in [1.807, 2.05) is 0 Å². The van der Waals surface area contributed by atoms with Gasteiger partial charge in [0, 0.05) is 50.4 Å². The molecule has 2 aromatic rings. The number of nitrogens with zero attached hydrogens (tertiary/aromatic N) is 4. The fraction of sp³-hybridized carbons (Fsp3) is 0.556. The first kappa shape index (κ1) is 22.0. The summed E-state index contributed by atoms with van der Waals surface area (Å²) in [5, 5.41) is 4.57. The van der Waals surface area contributed by atoms with E-state index >= 15 is 0 Å². The summed E-state index contributed by atoms with van der Waals surface area (Å²) in [7, 11) is 4.15. The Bertz CT molecular complexity index is 677. The van der Waals surface area contributed by atoms with Gasteiger partial charge in [-0.1, -0.05) is 6.92 Å². The van der Waals surface area contributed by atoms with E-state index in [1.54, 1.807) is 11.3 Å². The van der Waals surface area contributed by atoms with Crippen LogP contribution in [0.25, 0.3) is 0 Å². The molecule has 0 aliphatic carbocycles. The van der Waals surface area contributed by atoms with Crippen LogP contribution in [0.4, 0.5) is 0 Å². The molecule has 5 nitrogen and oxygen atoms in total. The van der Waals surface area contributed by atoms with Gasteiger partial charge < -0.3 is 14.8 Å². The third-order valence-electron chi connectivity index (χ3n) is 4.01. The Labute approximate surface area is 172 Å². The molecular formula is C18H30IN5S. The van der Waals surface area contributed by atoms with Crippen LogP contribution >= 0.6 is 35.3 Å². The molecule has 140 valence electrons. The number of thiazole rings is 1. The normalized spacial score (nSPS) is 11.3. The lowest BCUT2D eigenvalue weighted by atomic mass is 10.3. The molecule has 0 saturated heterocycles. The number of aryl methyl sites for hydroxylation is 3. The molecule has 0 aromatic carbocycles. The Kier molecular flexibility index (Phi) is 9.48. The van der Waals surface area contributed by atoms with Gasteiger partial charge in [-0.2, -0.15) is 0 Å².